The molecule has 0 atom stereocenters. The van der Waals surface area contributed by atoms with Crippen LogP contribution in [0.5, 0.6) is 0 Å². The van der Waals surface area contributed by atoms with Gasteiger partial charge in [-0.2, -0.15) is 5.10 Å². The molecule has 1 aliphatic heterocycles. The molecule has 0 radical (unpaired) electrons. The van der Waals surface area contributed by atoms with E-state index in [1.807, 2.05) is 24.3 Å². The standard InChI is InChI=1S/C19H13N3O3/c1-11(14-10-12-6-2-5-9-16(12)25-19(14)24)21-22-17-13-7-3-4-8-15(13)20-18(17)23/h2-10H,1H3,(H,20,22,23)/b21-11+. The van der Waals surface area contributed by atoms with Crippen LogP contribution in [-0.4, -0.2) is 17.3 Å². The lowest BCUT2D eigenvalue weighted by Crippen LogP contribution is -2.15. The molecule has 1 aliphatic rings. The third-order valence-electron chi connectivity index (χ3n) is 3.98. The SMILES string of the molecule is C/C(=N\N=C1/C(=O)Nc2ccccc21)c1cc2ccccc2oc1=O. The van der Waals surface area contributed by atoms with Gasteiger partial charge >= 0.3 is 5.63 Å². The maximum Gasteiger partial charge on any atom is 0.345 e. The monoisotopic (exact) mass is 331 g/mol. The van der Waals surface area contributed by atoms with Crippen LogP contribution >= 0.6 is 0 Å². The molecule has 1 N–H and O–H groups in total. The van der Waals surface area contributed by atoms with Crippen LogP contribution in [0.4, 0.5) is 5.69 Å². The number of hydrogen-bond acceptors (Lipinski definition) is 5. The summed E-state index contributed by atoms with van der Waals surface area (Å²) in [5, 5.41) is 11.7. The van der Waals surface area contributed by atoms with Crippen LogP contribution in [0, 0.1) is 0 Å². The first-order valence-electron chi connectivity index (χ1n) is 7.70. The lowest BCUT2D eigenvalue weighted by Gasteiger charge is -2.00. The van der Waals surface area contributed by atoms with Gasteiger partial charge in [-0.3, -0.25) is 4.79 Å². The van der Waals surface area contributed by atoms with Crippen LogP contribution in [0.25, 0.3) is 11.0 Å². The second kappa shape index (κ2) is 5.83. The predicted octanol–water partition coefficient (Wildman–Crippen LogP) is 2.96. The predicted molar refractivity (Wildman–Crippen MR) is 96.3 cm³/mol. The molecule has 0 spiro atoms. The first kappa shape index (κ1) is 15.0. The summed E-state index contributed by atoms with van der Waals surface area (Å²) in [6.45, 7) is 1.66. The number of carbonyl (C=O) groups excluding carboxylic acids is 1. The molecular formula is C19H13N3O3. The molecule has 2 aromatic carbocycles. The first-order chi connectivity index (χ1) is 12.1. The number of nitrogens with one attached hydrogen (secondary N) is 1. The maximum absolute atomic E-state index is 12.2. The number of hydrogen-bond donors (Lipinski definition) is 1. The quantitative estimate of drug-likeness (QED) is 0.445. The van der Waals surface area contributed by atoms with Crippen LogP contribution in [0.15, 0.2) is 74.0 Å². The minimum atomic E-state index is -0.489. The Labute approximate surface area is 142 Å². The van der Waals surface area contributed by atoms with Crippen LogP contribution < -0.4 is 10.9 Å². The molecule has 1 aromatic heterocycles. The summed E-state index contributed by atoms with van der Waals surface area (Å²) in [5.74, 6) is -0.316. The summed E-state index contributed by atoms with van der Waals surface area (Å²) >= 11 is 0. The molecule has 0 bridgehead atoms. The molecule has 2 heterocycles. The van der Waals surface area contributed by atoms with E-state index in [2.05, 4.69) is 15.5 Å². The molecule has 0 saturated carbocycles. The maximum atomic E-state index is 12.2. The zero-order valence-corrected chi connectivity index (χ0v) is 13.3. The summed E-state index contributed by atoms with van der Waals surface area (Å²) in [6, 6.07) is 16.2. The Morgan fingerprint density at radius 2 is 1.80 bits per heavy atom. The first-order valence-corrected chi connectivity index (χ1v) is 7.70. The summed E-state index contributed by atoms with van der Waals surface area (Å²) in [4.78, 5) is 24.2. The lowest BCUT2D eigenvalue weighted by atomic mass is 10.1. The fraction of sp³-hybridized carbons (Fsp3) is 0.0526. The number of rotatable bonds is 2. The highest BCUT2D eigenvalue weighted by Crippen LogP contribution is 2.22. The smallest absolute Gasteiger partial charge is 0.345 e. The molecule has 0 aliphatic carbocycles. The minimum absolute atomic E-state index is 0.222. The van der Waals surface area contributed by atoms with Crippen LogP contribution in [0.2, 0.25) is 0 Å². The molecule has 3 aromatic rings. The van der Waals surface area contributed by atoms with Crippen molar-refractivity contribution in [3.8, 4) is 0 Å². The lowest BCUT2D eigenvalue weighted by molar-refractivity contribution is -0.110. The van der Waals surface area contributed by atoms with E-state index in [-0.39, 0.29) is 11.6 Å². The number of para-hydroxylation sites is 2. The zero-order chi connectivity index (χ0) is 17.4. The van der Waals surface area contributed by atoms with Gasteiger partial charge in [0.05, 0.1) is 17.0 Å². The molecule has 0 fully saturated rings. The summed E-state index contributed by atoms with van der Waals surface area (Å²) in [6.07, 6.45) is 0. The molecule has 4 rings (SSSR count). The highest BCUT2D eigenvalue weighted by molar-refractivity contribution is 6.53. The van der Waals surface area contributed by atoms with Crippen molar-refractivity contribution in [2.24, 2.45) is 10.2 Å². The van der Waals surface area contributed by atoms with Gasteiger partial charge in [-0.05, 0) is 25.1 Å². The highest BCUT2D eigenvalue weighted by atomic mass is 16.4. The van der Waals surface area contributed by atoms with E-state index in [1.165, 1.54) is 0 Å². The Kier molecular flexibility index (Phi) is 3.50. The van der Waals surface area contributed by atoms with E-state index < -0.39 is 5.63 Å². The molecule has 122 valence electrons. The average molecular weight is 331 g/mol. The van der Waals surface area contributed by atoms with Crippen molar-refractivity contribution < 1.29 is 9.21 Å². The van der Waals surface area contributed by atoms with Gasteiger partial charge in [0.2, 0.25) is 0 Å². The topological polar surface area (TPSA) is 84.0 Å². The summed E-state index contributed by atoms with van der Waals surface area (Å²) in [7, 11) is 0. The van der Waals surface area contributed by atoms with Gasteiger partial charge < -0.3 is 9.73 Å². The zero-order valence-electron chi connectivity index (χ0n) is 13.3. The Hall–Kier alpha value is -3.54. The van der Waals surface area contributed by atoms with E-state index in [0.29, 0.717) is 28.1 Å². The molecule has 25 heavy (non-hydrogen) atoms. The number of anilines is 1. The minimum Gasteiger partial charge on any atom is -0.422 e. The average Bonchev–Trinajstić information content (AvgIpc) is 2.94. The Balaban J connectivity index is 1.77. The Morgan fingerprint density at radius 1 is 1.04 bits per heavy atom. The molecule has 0 saturated heterocycles. The van der Waals surface area contributed by atoms with Crippen molar-refractivity contribution in [2.45, 2.75) is 6.92 Å². The van der Waals surface area contributed by atoms with Gasteiger partial charge in [-0.1, -0.05) is 36.4 Å². The van der Waals surface area contributed by atoms with Gasteiger partial charge in [-0.15, -0.1) is 5.10 Å². The van der Waals surface area contributed by atoms with Gasteiger partial charge in [-0.25, -0.2) is 4.79 Å². The molecular weight excluding hydrogens is 318 g/mol. The number of fused-ring (bicyclic) bond motifs is 2. The summed E-state index contributed by atoms with van der Waals surface area (Å²) in [5.41, 5.74) is 2.33. The van der Waals surface area contributed by atoms with Crippen molar-refractivity contribution in [1.29, 1.82) is 0 Å². The fourth-order valence-electron chi connectivity index (χ4n) is 2.69. The third-order valence-corrected chi connectivity index (χ3v) is 3.98. The van der Waals surface area contributed by atoms with Gasteiger partial charge in [0, 0.05) is 10.9 Å². The van der Waals surface area contributed by atoms with Gasteiger partial charge in [0.15, 0.2) is 5.71 Å². The molecule has 1 amide bonds. The highest BCUT2D eigenvalue weighted by Gasteiger charge is 2.25. The van der Waals surface area contributed by atoms with Crippen LogP contribution in [0.1, 0.15) is 18.1 Å². The molecule has 0 unspecified atom stereocenters. The van der Waals surface area contributed by atoms with E-state index in [4.69, 9.17) is 4.42 Å². The second-order valence-electron chi connectivity index (χ2n) is 5.62. The number of nitrogens with zero attached hydrogens (tertiary/aromatic N) is 2. The normalized spacial score (nSPS) is 15.5. The van der Waals surface area contributed by atoms with E-state index in [9.17, 15) is 9.59 Å². The summed E-state index contributed by atoms with van der Waals surface area (Å²) < 4.78 is 5.30. The second-order valence-corrected chi connectivity index (χ2v) is 5.62. The Morgan fingerprint density at radius 3 is 2.68 bits per heavy atom. The van der Waals surface area contributed by atoms with Gasteiger partial charge in [0.25, 0.3) is 5.91 Å². The van der Waals surface area contributed by atoms with Crippen LogP contribution in [0.3, 0.4) is 0 Å². The van der Waals surface area contributed by atoms with E-state index >= 15 is 0 Å². The van der Waals surface area contributed by atoms with Crippen molar-refractivity contribution >= 4 is 34.0 Å². The van der Waals surface area contributed by atoms with E-state index in [0.717, 1.165) is 5.39 Å². The Bertz CT molecular complexity index is 1130. The largest absolute Gasteiger partial charge is 0.422 e. The van der Waals surface area contributed by atoms with Crippen molar-refractivity contribution in [1.82, 2.24) is 0 Å². The third kappa shape index (κ3) is 2.63. The van der Waals surface area contributed by atoms with Crippen molar-refractivity contribution in [3.05, 3.63) is 76.1 Å². The fourth-order valence-corrected chi connectivity index (χ4v) is 2.69. The van der Waals surface area contributed by atoms with Crippen molar-refractivity contribution in [2.75, 3.05) is 5.32 Å². The van der Waals surface area contributed by atoms with Crippen molar-refractivity contribution in [3.63, 3.8) is 0 Å². The molecule has 6 heteroatoms. The van der Waals surface area contributed by atoms with Gasteiger partial charge in [0.1, 0.15) is 5.58 Å². The number of amides is 1. The van der Waals surface area contributed by atoms with E-state index in [1.54, 1.807) is 37.3 Å². The number of carbonyl (C=O) groups is 1. The van der Waals surface area contributed by atoms with Crippen LogP contribution in [-0.2, 0) is 4.79 Å². The number of benzene rings is 2. The molecule has 6 nitrogen and oxygen atoms in total.